The highest BCUT2D eigenvalue weighted by molar-refractivity contribution is 8.00. The summed E-state index contributed by atoms with van der Waals surface area (Å²) in [5.74, 6) is 1.22. The van der Waals surface area contributed by atoms with Crippen molar-refractivity contribution in [2.24, 2.45) is 5.92 Å². The van der Waals surface area contributed by atoms with Crippen LogP contribution in [0.2, 0.25) is 0 Å². The number of fused-ring (bicyclic) bond motifs is 2. The Morgan fingerprint density at radius 2 is 2.04 bits per heavy atom. The molecule has 7 unspecified atom stereocenters. The molecule has 4 N–H and O–H groups in total. The number of likely N-dealkylation sites (tertiary alicyclic amines) is 1. The van der Waals surface area contributed by atoms with Gasteiger partial charge in [-0.3, -0.25) is 20.2 Å². The highest BCUT2D eigenvalue weighted by atomic mass is 32.2. The van der Waals surface area contributed by atoms with Gasteiger partial charge >= 0.3 is 0 Å². The van der Waals surface area contributed by atoms with E-state index in [1.165, 1.54) is 25.7 Å². The maximum absolute atomic E-state index is 13.1. The Kier molecular flexibility index (Phi) is 5.56. The molecule has 0 aromatic heterocycles. The Hall–Kier alpha value is -0.830. The molecule has 8 heteroatoms. The third-order valence-electron chi connectivity index (χ3n) is 7.34. The average molecular weight is 408 g/mol. The van der Waals surface area contributed by atoms with Gasteiger partial charge in [-0.25, -0.2) is 0 Å². The summed E-state index contributed by atoms with van der Waals surface area (Å²) in [4.78, 5) is 26.6. The first-order valence-corrected chi connectivity index (χ1v) is 12.1. The normalized spacial score (nSPS) is 42.9. The van der Waals surface area contributed by atoms with E-state index in [9.17, 15) is 9.59 Å². The SMILES string of the molecule is O=C1CCC(CNC2NC3CCN(C(=O)C4CC5CCCCC5N4)CC3S2)N1. The van der Waals surface area contributed by atoms with Gasteiger partial charge in [-0.05, 0) is 38.0 Å². The fourth-order valence-electron chi connectivity index (χ4n) is 5.77. The molecule has 5 fully saturated rings. The zero-order valence-corrected chi connectivity index (χ0v) is 17.3. The van der Waals surface area contributed by atoms with E-state index in [0.717, 1.165) is 38.9 Å². The minimum Gasteiger partial charge on any atom is -0.352 e. The van der Waals surface area contributed by atoms with Crippen molar-refractivity contribution in [3.63, 3.8) is 0 Å². The van der Waals surface area contributed by atoms with E-state index in [2.05, 4.69) is 26.2 Å². The third kappa shape index (κ3) is 3.93. The van der Waals surface area contributed by atoms with Crippen LogP contribution in [0.4, 0.5) is 0 Å². The van der Waals surface area contributed by atoms with E-state index >= 15 is 0 Å². The molecule has 156 valence electrons. The molecule has 0 aromatic rings. The van der Waals surface area contributed by atoms with Crippen LogP contribution >= 0.6 is 11.8 Å². The summed E-state index contributed by atoms with van der Waals surface area (Å²) in [6, 6.07) is 1.35. The van der Waals surface area contributed by atoms with E-state index in [1.54, 1.807) is 0 Å². The van der Waals surface area contributed by atoms with Gasteiger partial charge in [0.05, 0.1) is 6.04 Å². The van der Waals surface area contributed by atoms with E-state index in [-0.39, 0.29) is 23.5 Å². The zero-order valence-electron chi connectivity index (χ0n) is 16.5. The van der Waals surface area contributed by atoms with E-state index in [4.69, 9.17) is 0 Å². The number of nitrogens with zero attached hydrogens (tertiary/aromatic N) is 1. The first kappa shape index (κ1) is 19.2. The van der Waals surface area contributed by atoms with Gasteiger partial charge in [-0.2, -0.15) is 0 Å². The van der Waals surface area contributed by atoms with Crippen molar-refractivity contribution in [2.75, 3.05) is 19.6 Å². The van der Waals surface area contributed by atoms with Gasteiger partial charge in [0.15, 0.2) is 0 Å². The minimum atomic E-state index is 0.0453. The average Bonchev–Trinajstić information content (AvgIpc) is 3.42. The monoisotopic (exact) mass is 407 g/mol. The van der Waals surface area contributed by atoms with Crippen LogP contribution in [0, 0.1) is 5.92 Å². The summed E-state index contributed by atoms with van der Waals surface area (Å²) >= 11 is 1.91. The summed E-state index contributed by atoms with van der Waals surface area (Å²) < 4.78 is 0. The van der Waals surface area contributed by atoms with Gasteiger partial charge in [-0.15, -0.1) is 11.8 Å². The molecule has 0 aromatic carbocycles. The second-order valence-electron chi connectivity index (χ2n) is 9.22. The van der Waals surface area contributed by atoms with Gasteiger partial charge in [0.1, 0.15) is 5.50 Å². The van der Waals surface area contributed by atoms with Gasteiger partial charge in [0, 0.05) is 49.4 Å². The molecule has 7 nitrogen and oxygen atoms in total. The zero-order chi connectivity index (χ0) is 19.1. The second kappa shape index (κ2) is 8.13. The molecular weight excluding hydrogens is 374 g/mol. The molecule has 4 aliphatic heterocycles. The number of hydrogen-bond donors (Lipinski definition) is 4. The summed E-state index contributed by atoms with van der Waals surface area (Å²) in [5, 5.41) is 14.4. The molecule has 0 spiro atoms. The Bertz CT molecular complexity index is 605. The predicted molar refractivity (Wildman–Crippen MR) is 110 cm³/mol. The number of nitrogens with one attached hydrogen (secondary N) is 4. The van der Waals surface area contributed by atoms with Crippen molar-refractivity contribution in [1.29, 1.82) is 0 Å². The molecule has 28 heavy (non-hydrogen) atoms. The summed E-state index contributed by atoms with van der Waals surface area (Å²) in [7, 11) is 0. The fourth-order valence-corrected chi connectivity index (χ4v) is 7.24. The Morgan fingerprint density at radius 1 is 1.14 bits per heavy atom. The molecule has 0 radical (unpaired) electrons. The lowest BCUT2D eigenvalue weighted by Gasteiger charge is -2.35. The molecule has 1 saturated carbocycles. The standard InChI is InChI=1S/C20H33N5O2S/c26-18-6-5-13(22-18)10-21-20-24-15-7-8-25(11-17(15)28-20)19(27)16-9-12-3-1-2-4-14(12)23-16/h12-17,20-21,23-24H,1-11H2,(H,22,26). The van der Waals surface area contributed by atoms with Crippen molar-refractivity contribution in [3.05, 3.63) is 0 Å². The number of carbonyl (C=O) groups excluding carboxylic acids is 2. The molecular formula is C20H33N5O2S. The molecule has 4 heterocycles. The van der Waals surface area contributed by atoms with Crippen molar-refractivity contribution < 1.29 is 9.59 Å². The van der Waals surface area contributed by atoms with Crippen LogP contribution in [0.3, 0.4) is 0 Å². The van der Waals surface area contributed by atoms with Crippen LogP contribution in [-0.4, -0.2) is 71.3 Å². The molecule has 5 rings (SSSR count). The lowest BCUT2D eigenvalue weighted by atomic mass is 9.85. The largest absolute Gasteiger partial charge is 0.352 e. The van der Waals surface area contributed by atoms with Crippen molar-refractivity contribution in [1.82, 2.24) is 26.2 Å². The smallest absolute Gasteiger partial charge is 0.239 e. The van der Waals surface area contributed by atoms with Crippen LogP contribution in [0.5, 0.6) is 0 Å². The quantitative estimate of drug-likeness (QED) is 0.539. The fraction of sp³-hybridized carbons (Fsp3) is 0.900. The molecule has 1 aliphatic carbocycles. The first-order chi connectivity index (χ1) is 13.7. The maximum Gasteiger partial charge on any atom is 0.239 e. The van der Waals surface area contributed by atoms with Crippen LogP contribution in [0.1, 0.15) is 51.4 Å². The molecule has 5 aliphatic rings. The number of thioether (sulfide) groups is 1. The lowest BCUT2D eigenvalue weighted by Crippen LogP contribution is -2.54. The minimum absolute atomic E-state index is 0.0453. The van der Waals surface area contributed by atoms with Gasteiger partial charge < -0.3 is 15.5 Å². The van der Waals surface area contributed by atoms with E-state index in [1.807, 2.05) is 11.8 Å². The first-order valence-electron chi connectivity index (χ1n) is 11.1. The topological polar surface area (TPSA) is 85.5 Å². The van der Waals surface area contributed by atoms with Crippen LogP contribution in [0.15, 0.2) is 0 Å². The number of hydrogen-bond acceptors (Lipinski definition) is 6. The molecule has 0 bridgehead atoms. The predicted octanol–water partition coefficient (Wildman–Crippen LogP) is 0.365. The van der Waals surface area contributed by atoms with Gasteiger partial charge in [0.25, 0.3) is 0 Å². The number of carbonyl (C=O) groups is 2. The van der Waals surface area contributed by atoms with E-state index in [0.29, 0.717) is 35.6 Å². The van der Waals surface area contributed by atoms with Gasteiger partial charge in [0.2, 0.25) is 11.8 Å². The number of amides is 2. The Balaban J connectivity index is 1.10. The van der Waals surface area contributed by atoms with Crippen molar-refractivity contribution in [2.45, 2.75) is 86.3 Å². The Labute approximate surface area is 171 Å². The molecule has 2 amide bonds. The summed E-state index contributed by atoms with van der Waals surface area (Å²) in [6.07, 6.45) is 8.82. The van der Waals surface area contributed by atoms with Crippen molar-refractivity contribution in [3.8, 4) is 0 Å². The second-order valence-corrected chi connectivity index (χ2v) is 10.6. The summed E-state index contributed by atoms with van der Waals surface area (Å²) in [5.41, 5.74) is 0.218. The van der Waals surface area contributed by atoms with Crippen LogP contribution in [-0.2, 0) is 9.59 Å². The van der Waals surface area contributed by atoms with Gasteiger partial charge in [-0.1, -0.05) is 12.8 Å². The molecule has 7 atom stereocenters. The molecule has 4 saturated heterocycles. The maximum atomic E-state index is 13.1. The van der Waals surface area contributed by atoms with Crippen molar-refractivity contribution >= 4 is 23.6 Å². The van der Waals surface area contributed by atoms with E-state index < -0.39 is 0 Å². The summed E-state index contributed by atoms with van der Waals surface area (Å²) in [6.45, 7) is 2.53. The number of rotatable bonds is 4. The third-order valence-corrected chi connectivity index (χ3v) is 8.74. The Morgan fingerprint density at radius 3 is 2.86 bits per heavy atom. The highest BCUT2D eigenvalue weighted by Gasteiger charge is 2.44. The van der Waals surface area contributed by atoms with Crippen LogP contribution < -0.4 is 21.3 Å². The van der Waals surface area contributed by atoms with Crippen LogP contribution in [0.25, 0.3) is 0 Å². The highest BCUT2D eigenvalue weighted by Crippen LogP contribution is 2.35. The lowest BCUT2D eigenvalue weighted by molar-refractivity contribution is -0.134. The number of piperidine rings is 1.